The van der Waals surface area contributed by atoms with Crippen molar-refractivity contribution in [2.24, 2.45) is 5.92 Å². The van der Waals surface area contributed by atoms with E-state index in [4.69, 9.17) is 0 Å². The van der Waals surface area contributed by atoms with Gasteiger partial charge in [0.25, 0.3) is 0 Å². The molecule has 0 N–H and O–H groups in total. The van der Waals surface area contributed by atoms with E-state index in [9.17, 15) is 0 Å². The fourth-order valence-corrected chi connectivity index (χ4v) is 3.44. The van der Waals surface area contributed by atoms with Crippen LogP contribution in [0.3, 0.4) is 0 Å². The van der Waals surface area contributed by atoms with Gasteiger partial charge in [-0.15, -0.1) is 11.3 Å². The lowest BCUT2D eigenvalue weighted by Gasteiger charge is -1.95. The smallest absolute Gasteiger partial charge is 0.0317 e. The maximum atomic E-state index is 3.56. The minimum Gasteiger partial charge on any atom is -0.147 e. The maximum Gasteiger partial charge on any atom is 0.0317 e. The molecule has 1 aromatic rings. The fraction of sp³-hybridized carbons (Fsp3) is 0.500. The van der Waals surface area contributed by atoms with Crippen LogP contribution in [0.1, 0.15) is 17.4 Å². The largest absolute Gasteiger partial charge is 0.147 e. The average Bonchev–Trinajstić information content (AvgIpc) is 2.35. The molecule has 0 nitrogen and oxygen atoms in total. The second kappa shape index (κ2) is 2.35. The van der Waals surface area contributed by atoms with Crippen molar-refractivity contribution < 1.29 is 0 Å². The molecule has 10 heavy (non-hydrogen) atoms. The van der Waals surface area contributed by atoms with Crippen LogP contribution >= 0.6 is 27.3 Å². The first-order valence-corrected chi connectivity index (χ1v) is 5.19. The number of thiophene rings is 1. The van der Waals surface area contributed by atoms with Gasteiger partial charge in [-0.1, -0.05) is 6.92 Å². The van der Waals surface area contributed by atoms with Crippen molar-refractivity contribution in [1.29, 1.82) is 0 Å². The number of halogens is 1. The molecule has 1 aliphatic carbocycles. The van der Waals surface area contributed by atoms with Crippen LogP contribution < -0.4 is 0 Å². The van der Waals surface area contributed by atoms with E-state index >= 15 is 0 Å². The Balaban J connectivity index is 2.44. The van der Waals surface area contributed by atoms with E-state index in [0.29, 0.717) is 0 Å². The molecule has 1 heterocycles. The first kappa shape index (κ1) is 6.86. The van der Waals surface area contributed by atoms with Crippen LogP contribution in [-0.4, -0.2) is 0 Å². The van der Waals surface area contributed by atoms with Crippen LogP contribution in [0.2, 0.25) is 0 Å². The van der Waals surface area contributed by atoms with Crippen molar-refractivity contribution in [3.05, 3.63) is 20.3 Å². The molecular formula is C8H9BrS. The van der Waals surface area contributed by atoms with Crippen LogP contribution in [0.15, 0.2) is 9.85 Å². The molecule has 2 rings (SSSR count). The summed E-state index contributed by atoms with van der Waals surface area (Å²) < 4.78 is 1.33. The number of rotatable bonds is 0. The summed E-state index contributed by atoms with van der Waals surface area (Å²) in [5, 5.41) is 2.20. The summed E-state index contributed by atoms with van der Waals surface area (Å²) in [6.07, 6.45) is 2.57. The summed E-state index contributed by atoms with van der Waals surface area (Å²) in [5.74, 6) is 0.874. The predicted octanol–water partition coefficient (Wildman–Crippen LogP) is 3.25. The van der Waals surface area contributed by atoms with Gasteiger partial charge in [0, 0.05) is 14.7 Å². The van der Waals surface area contributed by atoms with Gasteiger partial charge in [0.1, 0.15) is 0 Å². The number of hydrogen-bond acceptors (Lipinski definition) is 1. The molecule has 1 atom stereocenters. The molecule has 0 amide bonds. The number of hydrogen-bond donors (Lipinski definition) is 0. The highest BCUT2D eigenvalue weighted by atomic mass is 79.9. The van der Waals surface area contributed by atoms with Crippen LogP contribution in [0.25, 0.3) is 0 Å². The molecule has 1 aliphatic rings. The first-order valence-electron chi connectivity index (χ1n) is 3.52. The van der Waals surface area contributed by atoms with Crippen LogP contribution in [0, 0.1) is 5.92 Å². The monoisotopic (exact) mass is 216 g/mol. The Bertz CT molecular complexity index is 252. The number of fused-ring (bicyclic) bond motifs is 1. The predicted molar refractivity (Wildman–Crippen MR) is 48.6 cm³/mol. The molecule has 0 aromatic carbocycles. The summed E-state index contributed by atoms with van der Waals surface area (Å²) in [6.45, 7) is 2.32. The lowest BCUT2D eigenvalue weighted by Crippen LogP contribution is -1.90. The SMILES string of the molecule is CC1Cc2scc(Br)c2C1. The van der Waals surface area contributed by atoms with Crippen molar-refractivity contribution in [3.8, 4) is 0 Å². The summed E-state index contributed by atoms with van der Waals surface area (Å²) >= 11 is 5.45. The Hall–Kier alpha value is 0.180. The van der Waals surface area contributed by atoms with E-state index in [2.05, 4.69) is 28.2 Å². The topological polar surface area (TPSA) is 0 Å². The Kier molecular flexibility index (Phi) is 1.61. The van der Waals surface area contributed by atoms with E-state index in [-0.39, 0.29) is 0 Å². The summed E-state index contributed by atoms with van der Waals surface area (Å²) in [6, 6.07) is 0. The van der Waals surface area contributed by atoms with Crippen molar-refractivity contribution in [2.75, 3.05) is 0 Å². The zero-order chi connectivity index (χ0) is 7.14. The highest BCUT2D eigenvalue weighted by Crippen LogP contribution is 2.36. The minimum atomic E-state index is 0.874. The van der Waals surface area contributed by atoms with E-state index in [1.165, 1.54) is 17.3 Å². The van der Waals surface area contributed by atoms with Crippen molar-refractivity contribution in [2.45, 2.75) is 19.8 Å². The molecule has 2 heteroatoms. The van der Waals surface area contributed by atoms with Crippen LogP contribution in [0.5, 0.6) is 0 Å². The normalized spacial score (nSPS) is 23.2. The Morgan fingerprint density at radius 1 is 1.60 bits per heavy atom. The highest BCUT2D eigenvalue weighted by Gasteiger charge is 2.21. The molecule has 0 saturated heterocycles. The highest BCUT2D eigenvalue weighted by molar-refractivity contribution is 9.10. The third kappa shape index (κ3) is 0.940. The average molecular weight is 217 g/mol. The lowest BCUT2D eigenvalue weighted by atomic mass is 10.1. The summed E-state index contributed by atoms with van der Waals surface area (Å²) in [4.78, 5) is 1.60. The van der Waals surface area contributed by atoms with E-state index < -0.39 is 0 Å². The molecule has 0 spiro atoms. The maximum absolute atomic E-state index is 3.56. The quantitative estimate of drug-likeness (QED) is 0.625. The second-order valence-corrected chi connectivity index (χ2v) is 4.82. The molecule has 0 saturated carbocycles. The van der Waals surface area contributed by atoms with Gasteiger partial charge in [-0.2, -0.15) is 0 Å². The van der Waals surface area contributed by atoms with Gasteiger partial charge in [0.15, 0.2) is 0 Å². The Morgan fingerprint density at radius 2 is 2.40 bits per heavy atom. The minimum absolute atomic E-state index is 0.874. The second-order valence-electron chi connectivity index (χ2n) is 3.00. The van der Waals surface area contributed by atoms with Crippen LogP contribution in [-0.2, 0) is 12.8 Å². The third-order valence-electron chi connectivity index (χ3n) is 2.02. The lowest BCUT2D eigenvalue weighted by molar-refractivity contribution is 0.629. The third-order valence-corrected chi connectivity index (χ3v) is 4.08. The van der Waals surface area contributed by atoms with Gasteiger partial charge in [0.05, 0.1) is 0 Å². The van der Waals surface area contributed by atoms with Gasteiger partial charge in [-0.05, 0) is 40.3 Å². The van der Waals surface area contributed by atoms with Crippen LogP contribution in [0.4, 0.5) is 0 Å². The molecule has 0 radical (unpaired) electrons. The standard InChI is InChI=1S/C8H9BrS/c1-5-2-6-7(9)4-10-8(6)3-5/h4-5H,2-3H2,1H3. The van der Waals surface area contributed by atoms with Gasteiger partial charge < -0.3 is 0 Å². The van der Waals surface area contributed by atoms with Gasteiger partial charge in [0.2, 0.25) is 0 Å². The molecule has 0 bridgehead atoms. The van der Waals surface area contributed by atoms with E-state index in [1.54, 1.807) is 10.4 Å². The van der Waals surface area contributed by atoms with Crippen molar-refractivity contribution >= 4 is 27.3 Å². The van der Waals surface area contributed by atoms with Gasteiger partial charge >= 0.3 is 0 Å². The Labute approximate surface area is 73.4 Å². The zero-order valence-corrected chi connectivity index (χ0v) is 8.26. The molecule has 54 valence electrons. The molecule has 0 aliphatic heterocycles. The van der Waals surface area contributed by atoms with Gasteiger partial charge in [-0.3, -0.25) is 0 Å². The fourth-order valence-electron chi connectivity index (χ4n) is 1.52. The summed E-state index contributed by atoms with van der Waals surface area (Å²) in [5.41, 5.74) is 1.57. The zero-order valence-electron chi connectivity index (χ0n) is 5.86. The molecule has 0 fully saturated rings. The molecule has 1 aromatic heterocycles. The Morgan fingerprint density at radius 3 is 3.10 bits per heavy atom. The van der Waals surface area contributed by atoms with Crippen molar-refractivity contribution in [1.82, 2.24) is 0 Å². The van der Waals surface area contributed by atoms with Crippen molar-refractivity contribution in [3.63, 3.8) is 0 Å². The van der Waals surface area contributed by atoms with E-state index in [0.717, 1.165) is 5.92 Å². The first-order chi connectivity index (χ1) is 4.77. The van der Waals surface area contributed by atoms with E-state index in [1.807, 2.05) is 11.3 Å². The van der Waals surface area contributed by atoms with Gasteiger partial charge in [-0.25, -0.2) is 0 Å². The summed E-state index contributed by atoms with van der Waals surface area (Å²) in [7, 11) is 0. The molecule has 1 unspecified atom stereocenters. The molecular weight excluding hydrogens is 208 g/mol.